The van der Waals surface area contributed by atoms with E-state index >= 15 is 0 Å². The first-order valence-corrected chi connectivity index (χ1v) is 6.16. The van der Waals surface area contributed by atoms with Crippen LogP contribution in [0.1, 0.15) is 22.8 Å². The monoisotopic (exact) mass is 256 g/mol. The van der Waals surface area contributed by atoms with Gasteiger partial charge in [-0.1, -0.05) is 12.1 Å². The largest absolute Gasteiger partial charge is 0.478 e. The Kier molecular flexibility index (Phi) is 4.13. The summed E-state index contributed by atoms with van der Waals surface area (Å²) in [4.78, 5) is 16.1. The normalized spacial score (nSPS) is 10.0. The number of hydrogen-bond donors (Lipinski definition) is 1. The summed E-state index contributed by atoms with van der Waals surface area (Å²) in [7, 11) is 0. The van der Waals surface area contributed by atoms with E-state index in [1.54, 1.807) is 12.1 Å². The topological polar surface area (TPSA) is 51.2 Å². The van der Waals surface area contributed by atoms with Crippen LogP contribution >= 0.6 is 0 Å². The molecule has 0 fully saturated rings. The predicted octanol–water partition coefficient (Wildman–Crippen LogP) is 3.04. The number of anilines is 1. The molecule has 1 aromatic carbocycles. The van der Waals surface area contributed by atoms with Gasteiger partial charge in [-0.25, -0.2) is 4.98 Å². The summed E-state index contributed by atoms with van der Waals surface area (Å²) in [5.41, 5.74) is 2.38. The number of ether oxygens (including phenoxy) is 1. The molecule has 0 bridgehead atoms. The highest BCUT2D eigenvalue weighted by Crippen LogP contribution is 2.12. The fraction of sp³-hybridized carbons (Fsp3) is 0.200. The lowest BCUT2D eigenvalue weighted by atomic mass is 10.2. The second-order valence-electron chi connectivity index (χ2n) is 4.14. The van der Waals surface area contributed by atoms with Gasteiger partial charge in [0.25, 0.3) is 5.91 Å². The molecule has 1 aromatic heterocycles. The van der Waals surface area contributed by atoms with Gasteiger partial charge in [0, 0.05) is 18.0 Å². The van der Waals surface area contributed by atoms with Crippen molar-refractivity contribution in [2.24, 2.45) is 0 Å². The van der Waals surface area contributed by atoms with E-state index in [2.05, 4.69) is 10.3 Å². The summed E-state index contributed by atoms with van der Waals surface area (Å²) in [6.07, 6.45) is 1.51. The Bertz CT molecular complexity index is 565. The quantitative estimate of drug-likeness (QED) is 0.914. The van der Waals surface area contributed by atoms with Crippen LogP contribution in [0, 0.1) is 6.92 Å². The fourth-order valence-corrected chi connectivity index (χ4v) is 1.67. The number of amides is 1. The number of nitrogens with zero attached hydrogens (tertiary/aromatic N) is 1. The van der Waals surface area contributed by atoms with Crippen molar-refractivity contribution in [2.45, 2.75) is 13.8 Å². The molecule has 0 saturated heterocycles. The highest BCUT2D eigenvalue weighted by molar-refractivity contribution is 6.04. The minimum atomic E-state index is -0.179. The number of pyridine rings is 1. The summed E-state index contributed by atoms with van der Waals surface area (Å²) >= 11 is 0. The Labute approximate surface area is 112 Å². The fourth-order valence-electron chi connectivity index (χ4n) is 1.67. The minimum Gasteiger partial charge on any atom is -0.478 e. The molecule has 4 heteroatoms. The Balaban J connectivity index is 2.07. The Morgan fingerprint density at radius 1 is 1.32 bits per heavy atom. The molecule has 1 N–H and O–H groups in total. The second kappa shape index (κ2) is 6.00. The van der Waals surface area contributed by atoms with Gasteiger partial charge >= 0.3 is 0 Å². The summed E-state index contributed by atoms with van der Waals surface area (Å²) in [6, 6.07) is 11.0. The van der Waals surface area contributed by atoms with E-state index in [9.17, 15) is 4.79 Å². The molecule has 2 aromatic rings. The van der Waals surface area contributed by atoms with Crippen molar-refractivity contribution < 1.29 is 9.53 Å². The lowest BCUT2D eigenvalue weighted by molar-refractivity contribution is 0.102. The molecule has 1 heterocycles. The maximum atomic E-state index is 12.0. The van der Waals surface area contributed by atoms with Crippen LogP contribution in [0.4, 0.5) is 5.69 Å². The van der Waals surface area contributed by atoms with Crippen LogP contribution in [0.15, 0.2) is 42.6 Å². The molecule has 0 radical (unpaired) electrons. The van der Waals surface area contributed by atoms with Crippen LogP contribution in [-0.2, 0) is 0 Å². The lowest BCUT2D eigenvalue weighted by Crippen LogP contribution is -2.12. The van der Waals surface area contributed by atoms with Gasteiger partial charge in [-0.2, -0.15) is 0 Å². The molecule has 98 valence electrons. The average molecular weight is 256 g/mol. The van der Waals surface area contributed by atoms with Crippen molar-refractivity contribution in [1.82, 2.24) is 4.98 Å². The first-order chi connectivity index (χ1) is 9.19. The van der Waals surface area contributed by atoms with E-state index < -0.39 is 0 Å². The summed E-state index contributed by atoms with van der Waals surface area (Å²) in [5, 5.41) is 2.83. The average Bonchev–Trinajstić information content (AvgIpc) is 2.40. The van der Waals surface area contributed by atoms with Gasteiger partial charge in [0.05, 0.1) is 12.2 Å². The van der Waals surface area contributed by atoms with Gasteiger partial charge in [0.1, 0.15) is 0 Å². The van der Waals surface area contributed by atoms with Gasteiger partial charge in [0.15, 0.2) is 0 Å². The van der Waals surface area contributed by atoms with E-state index in [4.69, 9.17) is 4.74 Å². The molecule has 0 spiro atoms. The van der Waals surface area contributed by atoms with Gasteiger partial charge in [0.2, 0.25) is 5.88 Å². The summed E-state index contributed by atoms with van der Waals surface area (Å²) in [6.45, 7) is 4.43. The molecule has 0 aliphatic carbocycles. The number of aryl methyl sites for hydroxylation is 1. The van der Waals surface area contributed by atoms with Crippen molar-refractivity contribution in [3.63, 3.8) is 0 Å². The van der Waals surface area contributed by atoms with Crippen LogP contribution in [0.3, 0.4) is 0 Å². The number of rotatable bonds is 4. The van der Waals surface area contributed by atoms with Crippen molar-refractivity contribution in [3.05, 3.63) is 53.7 Å². The molecule has 0 saturated carbocycles. The Morgan fingerprint density at radius 3 is 2.79 bits per heavy atom. The standard InChI is InChI=1S/C15H16N2O2/c1-3-19-14-8-7-12(10-16-14)15(18)17-13-6-4-5-11(2)9-13/h4-10H,3H2,1-2H3,(H,17,18). The summed E-state index contributed by atoms with van der Waals surface area (Å²) in [5.74, 6) is 0.343. The number of nitrogens with one attached hydrogen (secondary N) is 1. The van der Waals surface area contributed by atoms with Crippen LogP contribution in [0.2, 0.25) is 0 Å². The molecular formula is C15H16N2O2. The number of aromatic nitrogens is 1. The van der Waals surface area contributed by atoms with Crippen LogP contribution in [0.25, 0.3) is 0 Å². The number of benzene rings is 1. The number of carbonyl (C=O) groups excluding carboxylic acids is 1. The van der Waals surface area contributed by atoms with Crippen LogP contribution in [-0.4, -0.2) is 17.5 Å². The molecular weight excluding hydrogens is 240 g/mol. The zero-order chi connectivity index (χ0) is 13.7. The first-order valence-electron chi connectivity index (χ1n) is 6.16. The molecule has 0 atom stereocenters. The molecule has 0 unspecified atom stereocenters. The van der Waals surface area contributed by atoms with Gasteiger partial charge in [-0.3, -0.25) is 4.79 Å². The van der Waals surface area contributed by atoms with Crippen LogP contribution in [0.5, 0.6) is 5.88 Å². The van der Waals surface area contributed by atoms with E-state index in [0.717, 1.165) is 11.3 Å². The minimum absolute atomic E-state index is 0.179. The van der Waals surface area contributed by atoms with E-state index in [1.165, 1.54) is 6.20 Å². The summed E-state index contributed by atoms with van der Waals surface area (Å²) < 4.78 is 5.23. The third kappa shape index (κ3) is 3.55. The number of carbonyl (C=O) groups is 1. The van der Waals surface area contributed by atoms with Crippen molar-refractivity contribution in [1.29, 1.82) is 0 Å². The van der Waals surface area contributed by atoms with Crippen molar-refractivity contribution in [3.8, 4) is 5.88 Å². The first kappa shape index (κ1) is 13.1. The van der Waals surface area contributed by atoms with E-state index in [-0.39, 0.29) is 5.91 Å². The second-order valence-corrected chi connectivity index (χ2v) is 4.14. The van der Waals surface area contributed by atoms with Crippen LogP contribution < -0.4 is 10.1 Å². The van der Waals surface area contributed by atoms with Gasteiger partial charge in [-0.15, -0.1) is 0 Å². The zero-order valence-corrected chi connectivity index (χ0v) is 11.0. The van der Waals surface area contributed by atoms with Gasteiger partial charge in [-0.05, 0) is 37.6 Å². The molecule has 0 aliphatic heterocycles. The molecule has 2 rings (SSSR count). The third-order valence-electron chi connectivity index (χ3n) is 2.57. The third-order valence-corrected chi connectivity index (χ3v) is 2.57. The molecule has 4 nitrogen and oxygen atoms in total. The molecule has 1 amide bonds. The maximum Gasteiger partial charge on any atom is 0.257 e. The SMILES string of the molecule is CCOc1ccc(C(=O)Nc2cccc(C)c2)cn1. The van der Waals surface area contributed by atoms with Crippen molar-refractivity contribution >= 4 is 11.6 Å². The highest BCUT2D eigenvalue weighted by atomic mass is 16.5. The van der Waals surface area contributed by atoms with Gasteiger partial charge < -0.3 is 10.1 Å². The maximum absolute atomic E-state index is 12.0. The van der Waals surface area contributed by atoms with E-state index in [1.807, 2.05) is 38.1 Å². The molecule has 19 heavy (non-hydrogen) atoms. The molecule has 0 aliphatic rings. The Hall–Kier alpha value is -2.36. The highest BCUT2D eigenvalue weighted by Gasteiger charge is 2.07. The lowest BCUT2D eigenvalue weighted by Gasteiger charge is -2.06. The smallest absolute Gasteiger partial charge is 0.257 e. The Morgan fingerprint density at radius 2 is 2.16 bits per heavy atom. The predicted molar refractivity (Wildman–Crippen MR) is 74.5 cm³/mol. The number of hydrogen-bond acceptors (Lipinski definition) is 3. The van der Waals surface area contributed by atoms with Crippen molar-refractivity contribution in [2.75, 3.05) is 11.9 Å². The van der Waals surface area contributed by atoms with E-state index in [0.29, 0.717) is 18.1 Å². The zero-order valence-electron chi connectivity index (χ0n) is 11.0.